The number of benzene rings is 1. The Hall–Kier alpha value is -3.23. The standard InChI is InChI=1S/C17H18N4O5/c1-25-17(22)12-5-7-13(8-6-12)26-16-14(21(23)24)15(18-11-19-16)20-9-3-2-4-10-20/h5-8,11H,2-4,9-10H2,1H3. The molecule has 0 unspecified atom stereocenters. The van der Waals surface area contributed by atoms with Gasteiger partial charge >= 0.3 is 17.5 Å². The highest BCUT2D eigenvalue weighted by Crippen LogP contribution is 2.36. The summed E-state index contributed by atoms with van der Waals surface area (Å²) < 4.78 is 10.2. The number of piperidine rings is 1. The van der Waals surface area contributed by atoms with E-state index in [2.05, 4.69) is 14.7 Å². The lowest BCUT2D eigenvalue weighted by molar-refractivity contribution is -0.385. The molecule has 1 aromatic heterocycles. The molecule has 0 amide bonds. The summed E-state index contributed by atoms with van der Waals surface area (Å²) in [5.41, 5.74) is 0.0949. The summed E-state index contributed by atoms with van der Waals surface area (Å²) in [6.07, 6.45) is 4.29. The molecule has 26 heavy (non-hydrogen) atoms. The van der Waals surface area contributed by atoms with Gasteiger partial charge in [0.1, 0.15) is 12.1 Å². The number of hydrogen-bond donors (Lipinski definition) is 0. The number of aromatic nitrogens is 2. The number of esters is 1. The molecule has 9 nitrogen and oxygen atoms in total. The Bertz CT molecular complexity index is 803. The van der Waals surface area contributed by atoms with Gasteiger partial charge in [0.15, 0.2) is 0 Å². The molecule has 9 heteroatoms. The SMILES string of the molecule is COC(=O)c1ccc(Oc2ncnc(N3CCCCC3)c2[N+](=O)[O-])cc1. The minimum absolute atomic E-state index is 0.128. The van der Waals surface area contributed by atoms with Gasteiger partial charge in [-0.1, -0.05) is 0 Å². The van der Waals surface area contributed by atoms with E-state index in [4.69, 9.17) is 4.74 Å². The number of methoxy groups -OCH3 is 1. The first kappa shape index (κ1) is 17.6. The lowest BCUT2D eigenvalue weighted by Crippen LogP contribution is -2.30. The fraction of sp³-hybridized carbons (Fsp3) is 0.353. The van der Waals surface area contributed by atoms with Crippen molar-refractivity contribution in [2.75, 3.05) is 25.1 Å². The summed E-state index contributed by atoms with van der Waals surface area (Å²) in [5.74, 6) is -0.0109. The zero-order valence-electron chi connectivity index (χ0n) is 14.3. The Labute approximate surface area is 149 Å². The van der Waals surface area contributed by atoms with Crippen LogP contribution in [0.25, 0.3) is 0 Å². The summed E-state index contributed by atoms with van der Waals surface area (Å²) in [7, 11) is 1.29. The lowest BCUT2D eigenvalue weighted by atomic mass is 10.1. The number of hydrogen-bond acceptors (Lipinski definition) is 8. The summed E-state index contributed by atoms with van der Waals surface area (Å²) in [6, 6.07) is 6.08. The van der Waals surface area contributed by atoms with Crippen LogP contribution in [0.3, 0.4) is 0 Å². The van der Waals surface area contributed by atoms with Crippen molar-refractivity contribution in [3.05, 3.63) is 46.3 Å². The van der Waals surface area contributed by atoms with Gasteiger partial charge in [0, 0.05) is 13.1 Å². The topological polar surface area (TPSA) is 108 Å². The molecular formula is C17H18N4O5. The van der Waals surface area contributed by atoms with E-state index in [0.29, 0.717) is 24.4 Å². The first-order chi connectivity index (χ1) is 12.6. The first-order valence-electron chi connectivity index (χ1n) is 8.20. The average molecular weight is 358 g/mol. The van der Waals surface area contributed by atoms with Crippen LogP contribution in [0.15, 0.2) is 30.6 Å². The minimum Gasteiger partial charge on any atom is -0.465 e. The van der Waals surface area contributed by atoms with Crippen molar-refractivity contribution in [2.24, 2.45) is 0 Å². The summed E-state index contributed by atoms with van der Waals surface area (Å²) in [4.78, 5) is 32.5. The third kappa shape index (κ3) is 3.71. The number of carbonyl (C=O) groups excluding carboxylic acids is 1. The molecule has 0 spiro atoms. The quantitative estimate of drug-likeness (QED) is 0.456. The lowest BCUT2D eigenvalue weighted by Gasteiger charge is -2.27. The van der Waals surface area contributed by atoms with Gasteiger partial charge in [-0.15, -0.1) is 0 Å². The predicted octanol–water partition coefficient (Wildman–Crippen LogP) is 2.95. The molecule has 1 aliphatic heterocycles. The maximum atomic E-state index is 11.6. The van der Waals surface area contributed by atoms with Crippen molar-refractivity contribution in [2.45, 2.75) is 19.3 Å². The van der Waals surface area contributed by atoms with Crippen LogP contribution in [-0.4, -0.2) is 41.1 Å². The zero-order valence-corrected chi connectivity index (χ0v) is 14.3. The van der Waals surface area contributed by atoms with Crippen LogP contribution in [0.2, 0.25) is 0 Å². The molecule has 1 fully saturated rings. The predicted molar refractivity (Wildman–Crippen MR) is 92.6 cm³/mol. The van der Waals surface area contributed by atoms with E-state index in [1.54, 1.807) is 0 Å². The van der Waals surface area contributed by atoms with Gasteiger partial charge in [-0.05, 0) is 43.5 Å². The van der Waals surface area contributed by atoms with Gasteiger partial charge in [0.2, 0.25) is 5.82 Å². The Morgan fingerprint density at radius 3 is 2.46 bits per heavy atom. The van der Waals surface area contributed by atoms with E-state index in [-0.39, 0.29) is 17.4 Å². The highest BCUT2D eigenvalue weighted by Gasteiger charge is 2.29. The molecule has 0 radical (unpaired) electrons. The van der Waals surface area contributed by atoms with Crippen LogP contribution >= 0.6 is 0 Å². The maximum Gasteiger partial charge on any atom is 0.373 e. The van der Waals surface area contributed by atoms with Gasteiger partial charge in [0.25, 0.3) is 0 Å². The summed E-state index contributed by atoms with van der Waals surface area (Å²) >= 11 is 0. The normalized spacial score (nSPS) is 14.0. The molecule has 1 aliphatic rings. The number of rotatable bonds is 5. The van der Waals surface area contributed by atoms with Gasteiger partial charge in [0.05, 0.1) is 17.6 Å². The molecule has 0 N–H and O–H groups in total. The van der Waals surface area contributed by atoms with Gasteiger partial charge in [-0.25, -0.2) is 9.78 Å². The van der Waals surface area contributed by atoms with E-state index >= 15 is 0 Å². The van der Waals surface area contributed by atoms with Gasteiger partial charge in [-0.3, -0.25) is 10.1 Å². The van der Waals surface area contributed by atoms with E-state index in [0.717, 1.165) is 19.3 Å². The number of carbonyl (C=O) groups is 1. The van der Waals surface area contributed by atoms with Gasteiger partial charge in [-0.2, -0.15) is 4.98 Å². The molecule has 2 aromatic rings. The van der Waals surface area contributed by atoms with Crippen LogP contribution in [0.5, 0.6) is 11.6 Å². The third-order valence-electron chi connectivity index (χ3n) is 4.10. The molecule has 0 atom stereocenters. The van der Waals surface area contributed by atoms with Crippen LogP contribution < -0.4 is 9.64 Å². The van der Waals surface area contributed by atoms with Crippen molar-refractivity contribution in [3.8, 4) is 11.6 Å². The van der Waals surface area contributed by atoms with Crippen molar-refractivity contribution >= 4 is 17.5 Å². The number of nitro groups is 1. The van der Waals surface area contributed by atoms with Crippen LogP contribution in [0.1, 0.15) is 29.6 Å². The number of ether oxygens (including phenoxy) is 2. The van der Waals surface area contributed by atoms with Crippen molar-refractivity contribution in [1.82, 2.24) is 9.97 Å². The van der Waals surface area contributed by atoms with Crippen LogP contribution in [0.4, 0.5) is 11.5 Å². The molecule has 0 saturated carbocycles. The van der Waals surface area contributed by atoms with Gasteiger partial charge < -0.3 is 14.4 Å². The number of anilines is 1. The van der Waals surface area contributed by atoms with E-state index < -0.39 is 10.9 Å². The maximum absolute atomic E-state index is 11.6. The molecule has 136 valence electrons. The second-order valence-electron chi connectivity index (χ2n) is 5.77. The highest BCUT2D eigenvalue weighted by molar-refractivity contribution is 5.89. The molecule has 0 bridgehead atoms. The highest BCUT2D eigenvalue weighted by atomic mass is 16.6. The van der Waals surface area contributed by atoms with E-state index in [1.807, 2.05) is 4.90 Å². The molecule has 2 heterocycles. The molecule has 3 rings (SSSR count). The second-order valence-corrected chi connectivity index (χ2v) is 5.77. The average Bonchev–Trinajstić information content (AvgIpc) is 2.68. The van der Waals surface area contributed by atoms with Crippen molar-refractivity contribution in [3.63, 3.8) is 0 Å². The molecule has 0 aliphatic carbocycles. The Morgan fingerprint density at radius 1 is 1.15 bits per heavy atom. The van der Waals surface area contributed by atoms with Crippen LogP contribution in [-0.2, 0) is 4.74 Å². The zero-order chi connectivity index (χ0) is 18.5. The molecule has 1 aromatic carbocycles. The first-order valence-corrected chi connectivity index (χ1v) is 8.20. The smallest absolute Gasteiger partial charge is 0.373 e. The monoisotopic (exact) mass is 358 g/mol. The second kappa shape index (κ2) is 7.77. The number of nitrogens with zero attached hydrogens (tertiary/aromatic N) is 4. The Morgan fingerprint density at radius 2 is 1.85 bits per heavy atom. The Balaban J connectivity index is 1.89. The molecular weight excluding hydrogens is 340 g/mol. The Kier molecular flexibility index (Phi) is 5.26. The summed E-state index contributed by atoms with van der Waals surface area (Å²) in [6.45, 7) is 1.43. The third-order valence-corrected chi connectivity index (χ3v) is 4.10. The summed E-state index contributed by atoms with van der Waals surface area (Å²) in [5, 5.41) is 11.6. The minimum atomic E-state index is -0.526. The van der Waals surface area contributed by atoms with Crippen molar-refractivity contribution < 1.29 is 19.2 Å². The molecule has 1 saturated heterocycles. The van der Waals surface area contributed by atoms with Crippen molar-refractivity contribution in [1.29, 1.82) is 0 Å². The fourth-order valence-electron chi connectivity index (χ4n) is 2.81. The van der Waals surface area contributed by atoms with E-state index in [9.17, 15) is 14.9 Å². The fourth-order valence-corrected chi connectivity index (χ4v) is 2.81. The largest absolute Gasteiger partial charge is 0.465 e. The van der Waals surface area contributed by atoms with E-state index in [1.165, 1.54) is 37.7 Å². The van der Waals surface area contributed by atoms with Crippen LogP contribution in [0, 0.1) is 10.1 Å².